The van der Waals surface area contributed by atoms with Gasteiger partial charge in [0.05, 0.1) is 6.33 Å². The van der Waals surface area contributed by atoms with Crippen LogP contribution in [0.1, 0.15) is 12.1 Å². The molecule has 1 amide bonds. The minimum Gasteiger partial charge on any atom is -0.480 e. The van der Waals surface area contributed by atoms with Crippen molar-refractivity contribution in [2.24, 2.45) is 12.8 Å². The van der Waals surface area contributed by atoms with Gasteiger partial charge in [0.2, 0.25) is 5.91 Å². The van der Waals surface area contributed by atoms with Crippen LogP contribution in [-0.4, -0.2) is 39.1 Å². The number of aryl methyl sites for hydroxylation is 1. The third-order valence-corrected chi connectivity index (χ3v) is 2.33. The maximum absolute atomic E-state index is 11.3. The molecule has 1 atom stereocenters. The highest BCUT2D eigenvalue weighted by molar-refractivity contribution is 5.83. The Morgan fingerprint density at radius 2 is 2.35 bits per heavy atom. The molecule has 7 heteroatoms. The minimum absolute atomic E-state index is 0.120. The summed E-state index contributed by atoms with van der Waals surface area (Å²) in [5.41, 5.74) is 5.96. The number of carboxylic acids is 1. The van der Waals surface area contributed by atoms with E-state index < -0.39 is 12.0 Å². The van der Waals surface area contributed by atoms with Gasteiger partial charge in [-0.25, -0.2) is 9.78 Å². The molecule has 4 N–H and O–H groups in total. The summed E-state index contributed by atoms with van der Waals surface area (Å²) in [5.74, 6) is -1.43. The first kappa shape index (κ1) is 13.2. The van der Waals surface area contributed by atoms with Crippen molar-refractivity contribution in [2.45, 2.75) is 18.9 Å². The number of nitrogens with zero attached hydrogens (tertiary/aromatic N) is 2. The summed E-state index contributed by atoms with van der Waals surface area (Å²) in [6.07, 6.45) is 3.47. The summed E-state index contributed by atoms with van der Waals surface area (Å²) in [5, 5.41) is 11.4. The Balaban J connectivity index is 2.64. The molecule has 7 nitrogen and oxygen atoms in total. The smallest absolute Gasteiger partial charge is 0.326 e. The third-order valence-electron chi connectivity index (χ3n) is 2.33. The molecule has 0 radical (unpaired) electrons. The standard InChI is InChI=1S/C10H16N4O3/c1-14-6-12-5-7(14)4-8(10(16)17)13-9(15)2-3-11/h5-6,8H,2-4,11H2,1H3,(H,13,15)(H,16,17)/t8-/m1/s1. The van der Waals surface area contributed by atoms with E-state index in [0.717, 1.165) is 5.69 Å². The van der Waals surface area contributed by atoms with E-state index in [2.05, 4.69) is 10.3 Å². The van der Waals surface area contributed by atoms with Crippen LogP contribution in [-0.2, 0) is 23.1 Å². The van der Waals surface area contributed by atoms with Gasteiger partial charge in [0.1, 0.15) is 6.04 Å². The Hall–Kier alpha value is -1.89. The molecule has 0 spiro atoms. The summed E-state index contributed by atoms with van der Waals surface area (Å²) in [7, 11) is 1.77. The van der Waals surface area contributed by atoms with Crippen LogP contribution in [0.3, 0.4) is 0 Å². The second-order valence-electron chi connectivity index (χ2n) is 3.70. The predicted molar refractivity (Wildman–Crippen MR) is 60.1 cm³/mol. The van der Waals surface area contributed by atoms with Gasteiger partial charge in [-0.15, -0.1) is 0 Å². The van der Waals surface area contributed by atoms with Crippen molar-refractivity contribution in [1.29, 1.82) is 0 Å². The Labute approximate surface area is 98.6 Å². The molecule has 0 saturated carbocycles. The van der Waals surface area contributed by atoms with Gasteiger partial charge in [-0.05, 0) is 0 Å². The van der Waals surface area contributed by atoms with E-state index in [-0.39, 0.29) is 25.3 Å². The van der Waals surface area contributed by atoms with Crippen LogP contribution < -0.4 is 11.1 Å². The maximum Gasteiger partial charge on any atom is 0.326 e. The summed E-state index contributed by atoms with van der Waals surface area (Å²) in [4.78, 5) is 26.2. The van der Waals surface area contributed by atoms with Crippen molar-refractivity contribution in [3.8, 4) is 0 Å². The minimum atomic E-state index is -1.07. The molecule has 1 aromatic heterocycles. The monoisotopic (exact) mass is 240 g/mol. The fraction of sp³-hybridized carbons (Fsp3) is 0.500. The van der Waals surface area contributed by atoms with Gasteiger partial charge in [-0.3, -0.25) is 4.79 Å². The SMILES string of the molecule is Cn1cncc1C[C@@H](NC(=O)CCN)C(=O)O. The maximum atomic E-state index is 11.3. The zero-order chi connectivity index (χ0) is 12.8. The molecular weight excluding hydrogens is 224 g/mol. The van der Waals surface area contributed by atoms with Crippen LogP contribution in [0.15, 0.2) is 12.5 Å². The summed E-state index contributed by atoms with van der Waals surface area (Å²) in [6, 6.07) is -0.954. The highest BCUT2D eigenvalue weighted by atomic mass is 16.4. The van der Waals surface area contributed by atoms with E-state index in [9.17, 15) is 9.59 Å². The molecular formula is C10H16N4O3. The fourth-order valence-corrected chi connectivity index (χ4v) is 1.39. The predicted octanol–water partition coefficient (Wildman–Crippen LogP) is -1.12. The number of carboxylic acid groups (broad SMARTS) is 1. The fourth-order valence-electron chi connectivity index (χ4n) is 1.39. The number of hydrogen-bond acceptors (Lipinski definition) is 4. The van der Waals surface area contributed by atoms with E-state index in [4.69, 9.17) is 10.8 Å². The number of carbonyl (C=O) groups is 2. The number of rotatable bonds is 6. The number of imidazole rings is 1. The zero-order valence-electron chi connectivity index (χ0n) is 9.59. The highest BCUT2D eigenvalue weighted by Crippen LogP contribution is 2.02. The molecule has 1 aromatic rings. The highest BCUT2D eigenvalue weighted by Gasteiger charge is 2.21. The van der Waals surface area contributed by atoms with Gasteiger partial charge < -0.3 is 20.7 Å². The molecule has 0 aliphatic carbocycles. The lowest BCUT2D eigenvalue weighted by Crippen LogP contribution is -2.43. The normalized spacial score (nSPS) is 12.1. The first-order chi connectivity index (χ1) is 8.04. The van der Waals surface area contributed by atoms with E-state index >= 15 is 0 Å². The first-order valence-corrected chi connectivity index (χ1v) is 5.22. The average Bonchev–Trinajstić information content (AvgIpc) is 2.63. The Kier molecular flexibility index (Phi) is 4.65. The average molecular weight is 240 g/mol. The van der Waals surface area contributed by atoms with Gasteiger partial charge in [-0.1, -0.05) is 0 Å². The number of nitrogens with one attached hydrogen (secondary N) is 1. The quantitative estimate of drug-likeness (QED) is 0.583. The second kappa shape index (κ2) is 6.00. The molecule has 1 rings (SSSR count). The lowest BCUT2D eigenvalue weighted by atomic mass is 10.1. The van der Waals surface area contributed by atoms with Crippen LogP contribution in [0.2, 0.25) is 0 Å². The van der Waals surface area contributed by atoms with Crippen molar-refractivity contribution < 1.29 is 14.7 Å². The van der Waals surface area contributed by atoms with Gasteiger partial charge >= 0.3 is 5.97 Å². The summed E-state index contributed by atoms with van der Waals surface area (Å²) < 4.78 is 1.71. The lowest BCUT2D eigenvalue weighted by molar-refractivity contribution is -0.141. The number of carbonyl (C=O) groups excluding carboxylic acids is 1. The van der Waals surface area contributed by atoms with E-state index in [1.807, 2.05) is 0 Å². The van der Waals surface area contributed by atoms with Crippen LogP contribution in [0.5, 0.6) is 0 Å². The zero-order valence-corrected chi connectivity index (χ0v) is 9.59. The van der Waals surface area contributed by atoms with E-state index in [0.29, 0.717) is 0 Å². The molecule has 0 saturated heterocycles. The number of hydrogen-bond donors (Lipinski definition) is 3. The molecule has 94 valence electrons. The van der Waals surface area contributed by atoms with Crippen LogP contribution >= 0.6 is 0 Å². The molecule has 0 unspecified atom stereocenters. The van der Waals surface area contributed by atoms with Gasteiger partial charge in [0.15, 0.2) is 0 Å². The molecule has 0 bridgehead atoms. The Bertz CT molecular complexity index is 402. The van der Waals surface area contributed by atoms with Gasteiger partial charge in [-0.2, -0.15) is 0 Å². The third kappa shape index (κ3) is 3.87. The van der Waals surface area contributed by atoms with E-state index in [1.165, 1.54) is 0 Å². The van der Waals surface area contributed by atoms with Crippen molar-refractivity contribution in [2.75, 3.05) is 6.54 Å². The number of aliphatic carboxylic acids is 1. The van der Waals surface area contributed by atoms with Gasteiger partial charge in [0, 0.05) is 38.3 Å². The molecule has 17 heavy (non-hydrogen) atoms. The van der Waals surface area contributed by atoms with Crippen molar-refractivity contribution in [1.82, 2.24) is 14.9 Å². The topological polar surface area (TPSA) is 110 Å². The number of amides is 1. The number of nitrogens with two attached hydrogens (primary N) is 1. The van der Waals surface area contributed by atoms with Crippen molar-refractivity contribution in [3.05, 3.63) is 18.2 Å². The molecule has 1 heterocycles. The van der Waals surface area contributed by atoms with Crippen LogP contribution in [0.4, 0.5) is 0 Å². The Morgan fingerprint density at radius 3 is 2.82 bits per heavy atom. The largest absolute Gasteiger partial charge is 0.480 e. The number of aromatic nitrogens is 2. The second-order valence-corrected chi connectivity index (χ2v) is 3.70. The first-order valence-electron chi connectivity index (χ1n) is 5.22. The molecule has 0 aliphatic heterocycles. The van der Waals surface area contributed by atoms with Gasteiger partial charge in [0.25, 0.3) is 0 Å². The lowest BCUT2D eigenvalue weighted by Gasteiger charge is -2.14. The van der Waals surface area contributed by atoms with Crippen molar-refractivity contribution >= 4 is 11.9 Å². The molecule has 0 aromatic carbocycles. The summed E-state index contributed by atoms with van der Waals surface area (Å²) in [6.45, 7) is 0.198. The van der Waals surface area contributed by atoms with Crippen LogP contribution in [0, 0.1) is 0 Å². The summed E-state index contributed by atoms with van der Waals surface area (Å²) >= 11 is 0. The van der Waals surface area contributed by atoms with E-state index in [1.54, 1.807) is 24.1 Å². The molecule has 0 aliphatic rings. The van der Waals surface area contributed by atoms with Crippen molar-refractivity contribution in [3.63, 3.8) is 0 Å². The molecule has 0 fully saturated rings. The Morgan fingerprint density at radius 1 is 1.65 bits per heavy atom. The van der Waals surface area contributed by atoms with Crippen LogP contribution in [0.25, 0.3) is 0 Å².